The SMILES string of the molecule is Cc1cnc(-c2ccc(C(C)(C)C)c3c2oc2c(-n4c5cc(C(C)(C)C)ccc5c5ccc(C(C)(C)C)cc54)c(C#N)ccc23)cc1C. The number of pyridine rings is 1. The first-order valence-electron chi connectivity index (χ1n) is 16.9. The Morgan fingerprint density at radius 3 is 1.75 bits per heavy atom. The maximum Gasteiger partial charge on any atom is 0.160 e. The predicted octanol–water partition coefficient (Wildman–Crippen LogP) is 12.1. The quantitative estimate of drug-likeness (QED) is 0.191. The van der Waals surface area contributed by atoms with Crippen LogP contribution in [-0.2, 0) is 16.2 Å². The van der Waals surface area contributed by atoms with Crippen molar-refractivity contribution in [2.75, 3.05) is 0 Å². The lowest BCUT2D eigenvalue weighted by molar-refractivity contribution is 0.591. The minimum atomic E-state index is -0.145. The Morgan fingerprint density at radius 2 is 1.23 bits per heavy atom. The third kappa shape index (κ3) is 4.91. The smallest absolute Gasteiger partial charge is 0.160 e. The fourth-order valence-corrected chi connectivity index (χ4v) is 7.03. The fraction of sp³-hybridized carbons (Fsp3) is 0.318. The van der Waals surface area contributed by atoms with Crippen LogP contribution in [0.25, 0.3) is 60.7 Å². The Balaban J connectivity index is 1.70. The minimum absolute atomic E-state index is 0.0504. The highest BCUT2D eigenvalue weighted by Gasteiger charge is 2.28. The molecule has 0 aliphatic rings. The molecule has 242 valence electrons. The summed E-state index contributed by atoms with van der Waals surface area (Å²) in [6.07, 6.45) is 1.94. The third-order valence-corrected chi connectivity index (χ3v) is 10.1. The molecule has 4 nitrogen and oxygen atoms in total. The maximum absolute atomic E-state index is 10.7. The van der Waals surface area contributed by atoms with Crippen LogP contribution in [-0.4, -0.2) is 9.55 Å². The lowest BCUT2D eigenvalue weighted by atomic mass is 9.83. The van der Waals surface area contributed by atoms with Gasteiger partial charge in [-0.15, -0.1) is 0 Å². The van der Waals surface area contributed by atoms with Crippen molar-refractivity contribution in [1.29, 1.82) is 5.26 Å². The van der Waals surface area contributed by atoms with Crippen LogP contribution in [0.1, 0.15) is 95.7 Å². The van der Waals surface area contributed by atoms with Crippen LogP contribution in [0.3, 0.4) is 0 Å². The highest BCUT2D eigenvalue weighted by molar-refractivity contribution is 6.16. The van der Waals surface area contributed by atoms with Gasteiger partial charge in [-0.2, -0.15) is 5.26 Å². The van der Waals surface area contributed by atoms with Crippen LogP contribution in [0.5, 0.6) is 0 Å². The molecular weight excluding hydrogens is 587 g/mol. The number of rotatable bonds is 2. The van der Waals surface area contributed by atoms with Gasteiger partial charge in [-0.25, -0.2) is 0 Å². The lowest BCUT2D eigenvalue weighted by Gasteiger charge is -2.21. The van der Waals surface area contributed by atoms with Crippen LogP contribution in [0.15, 0.2) is 77.3 Å². The first-order valence-corrected chi connectivity index (χ1v) is 16.9. The van der Waals surface area contributed by atoms with Gasteiger partial charge in [-0.1, -0.05) is 92.6 Å². The van der Waals surface area contributed by atoms with Crippen molar-refractivity contribution < 1.29 is 4.42 Å². The van der Waals surface area contributed by atoms with Crippen LogP contribution < -0.4 is 0 Å². The van der Waals surface area contributed by atoms with E-state index in [-0.39, 0.29) is 16.2 Å². The van der Waals surface area contributed by atoms with E-state index in [2.05, 4.69) is 147 Å². The Morgan fingerprint density at radius 1 is 0.646 bits per heavy atom. The van der Waals surface area contributed by atoms with Crippen molar-refractivity contribution in [2.24, 2.45) is 0 Å². The molecule has 0 bridgehead atoms. The van der Waals surface area contributed by atoms with Crippen molar-refractivity contribution in [3.8, 4) is 23.0 Å². The number of fused-ring (bicyclic) bond motifs is 6. The van der Waals surface area contributed by atoms with Gasteiger partial charge in [0, 0.05) is 33.3 Å². The van der Waals surface area contributed by atoms with E-state index in [0.717, 1.165) is 60.7 Å². The molecule has 4 heteroatoms. The van der Waals surface area contributed by atoms with E-state index in [1.165, 1.54) is 22.3 Å². The first-order chi connectivity index (χ1) is 22.5. The van der Waals surface area contributed by atoms with E-state index in [0.29, 0.717) is 11.1 Å². The molecule has 0 saturated heterocycles. The number of furan rings is 1. The second kappa shape index (κ2) is 10.6. The Labute approximate surface area is 284 Å². The second-order valence-electron chi connectivity index (χ2n) is 16.6. The van der Waals surface area contributed by atoms with Gasteiger partial charge in [-0.3, -0.25) is 4.98 Å². The summed E-state index contributed by atoms with van der Waals surface area (Å²) in [6, 6.07) is 26.7. The number of aromatic nitrogens is 2. The zero-order chi connectivity index (χ0) is 34.5. The van der Waals surface area contributed by atoms with Crippen molar-refractivity contribution >= 4 is 43.7 Å². The molecule has 4 aromatic carbocycles. The molecule has 0 atom stereocenters. The van der Waals surface area contributed by atoms with Crippen LogP contribution >= 0.6 is 0 Å². The third-order valence-electron chi connectivity index (χ3n) is 10.1. The molecule has 3 aromatic heterocycles. The number of hydrogen-bond donors (Lipinski definition) is 0. The Bertz CT molecular complexity index is 2410. The van der Waals surface area contributed by atoms with E-state index >= 15 is 0 Å². The minimum Gasteiger partial charge on any atom is -0.453 e. The van der Waals surface area contributed by atoms with Gasteiger partial charge in [0.25, 0.3) is 0 Å². The van der Waals surface area contributed by atoms with E-state index in [1.807, 2.05) is 12.3 Å². The molecule has 3 heterocycles. The zero-order valence-electron chi connectivity index (χ0n) is 30.2. The highest BCUT2D eigenvalue weighted by atomic mass is 16.3. The summed E-state index contributed by atoms with van der Waals surface area (Å²) in [7, 11) is 0. The molecule has 0 amide bonds. The Kier molecular flexibility index (Phi) is 6.98. The van der Waals surface area contributed by atoms with Gasteiger partial charge in [0.05, 0.1) is 22.3 Å². The Hall–Kier alpha value is -4.88. The zero-order valence-corrected chi connectivity index (χ0v) is 30.2. The number of nitriles is 1. The molecule has 0 radical (unpaired) electrons. The summed E-state index contributed by atoms with van der Waals surface area (Å²) in [4.78, 5) is 4.86. The number of hydrogen-bond acceptors (Lipinski definition) is 3. The second-order valence-corrected chi connectivity index (χ2v) is 16.6. The highest BCUT2D eigenvalue weighted by Crippen LogP contribution is 2.46. The molecular formula is C44H45N3O. The van der Waals surface area contributed by atoms with Crippen molar-refractivity contribution in [2.45, 2.75) is 92.4 Å². The molecule has 0 aliphatic heterocycles. The maximum atomic E-state index is 10.7. The van der Waals surface area contributed by atoms with Gasteiger partial charge in [0.2, 0.25) is 0 Å². The molecule has 0 fully saturated rings. The number of benzene rings is 4. The molecule has 0 unspecified atom stereocenters. The average Bonchev–Trinajstić information content (AvgIpc) is 3.55. The number of nitrogens with zero attached hydrogens (tertiary/aromatic N) is 3. The van der Waals surface area contributed by atoms with Crippen LogP contribution in [0.4, 0.5) is 0 Å². The molecule has 48 heavy (non-hydrogen) atoms. The predicted molar refractivity (Wildman–Crippen MR) is 202 cm³/mol. The van der Waals surface area contributed by atoms with Crippen molar-refractivity contribution in [1.82, 2.24) is 9.55 Å². The van der Waals surface area contributed by atoms with E-state index < -0.39 is 0 Å². The normalized spacial score (nSPS) is 12.9. The van der Waals surface area contributed by atoms with Gasteiger partial charge >= 0.3 is 0 Å². The largest absolute Gasteiger partial charge is 0.453 e. The molecule has 0 spiro atoms. The summed E-state index contributed by atoms with van der Waals surface area (Å²) in [6.45, 7) is 24.4. The van der Waals surface area contributed by atoms with Gasteiger partial charge in [-0.05, 0) is 94.3 Å². The number of aryl methyl sites for hydroxylation is 2. The van der Waals surface area contributed by atoms with Gasteiger partial charge in [0.15, 0.2) is 5.58 Å². The van der Waals surface area contributed by atoms with Gasteiger partial charge < -0.3 is 8.98 Å². The lowest BCUT2D eigenvalue weighted by Crippen LogP contribution is -2.11. The van der Waals surface area contributed by atoms with Crippen molar-refractivity contribution in [3.63, 3.8) is 0 Å². The van der Waals surface area contributed by atoms with E-state index in [4.69, 9.17) is 9.40 Å². The molecule has 7 aromatic rings. The van der Waals surface area contributed by atoms with Crippen molar-refractivity contribution in [3.05, 3.63) is 106 Å². The standard InChI is InChI=1S/C44H45N3O/c1-25-20-35(46-24-26(25)2)32-18-19-34(44(9,10)11)38-33-15-12-27(23-45)39(41(33)48-40(32)38)47-36-21-28(42(3,4)5)13-16-30(36)31-17-14-29(22-37(31)47)43(6,7)8/h12-22,24H,1-11H3. The van der Waals surface area contributed by atoms with E-state index in [1.54, 1.807) is 0 Å². The topological polar surface area (TPSA) is 54.8 Å². The molecule has 0 N–H and O–H groups in total. The molecule has 0 saturated carbocycles. The van der Waals surface area contributed by atoms with E-state index in [9.17, 15) is 5.26 Å². The summed E-state index contributed by atoms with van der Waals surface area (Å²) in [5, 5.41) is 15.1. The summed E-state index contributed by atoms with van der Waals surface area (Å²) < 4.78 is 9.42. The molecule has 0 aliphatic carbocycles. The fourth-order valence-electron chi connectivity index (χ4n) is 7.03. The average molecular weight is 632 g/mol. The molecule has 7 rings (SSSR count). The van der Waals surface area contributed by atoms with Crippen LogP contribution in [0.2, 0.25) is 0 Å². The first kappa shape index (κ1) is 31.7. The van der Waals surface area contributed by atoms with Crippen LogP contribution in [0, 0.1) is 25.2 Å². The summed E-state index contributed by atoms with van der Waals surface area (Å²) >= 11 is 0. The van der Waals surface area contributed by atoms with Gasteiger partial charge in [0.1, 0.15) is 17.3 Å². The summed E-state index contributed by atoms with van der Waals surface area (Å²) in [5.41, 5.74) is 12.6. The summed E-state index contributed by atoms with van der Waals surface area (Å²) in [5.74, 6) is 0. The monoisotopic (exact) mass is 631 g/mol.